The summed E-state index contributed by atoms with van der Waals surface area (Å²) in [5.74, 6) is 2.24. The summed E-state index contributed by atoms with van der Waals surface area (Å²) >= 11 is 7.76. The van der Waals surface area contributed by atoms with Crippen LogP contribution in [0.3, 0.4) is 0 Å². The van der Waals surface area contributed by atoms with E-state index < -0.39 is 0 Å². The Balaban J connectivity index is 2.63. The van der Waals surface area contributed by atoms with Crippen molar-refractivity contribution in [3.05, 3.63) is 29.6 Å². The molecule has 1 atom stereocenters. The van der Waals surface area contributed by atoms with E-state index in [9.17, 15) is 0 Å². The minimum Gasteiger partial charge on any atom is -0.323 e. The molecule has 0 aliphatic carbocycles. The van der Waals surface area contributed by atoms with Gasteiger partial charge in [-0.25, -0.2) is 4.98 Å². The Morgan fingerprint density at radius 1 is 1.56 bits per heavy atom. The second-order valence-corrected chi connectivity index (χ2v) is 5.33. The van der Waals surface area contributed by atoms with Crippen molar-refractivity contribution in [1.29, 1.82) is 5.26 Å². The lowest BCUT2D eigenvalue weighted by Crippen LogP contribution is -2.10. The van der Waals surface area contributed by atoms with E-state index in [0.717, 1.165) is 22.6 Å². The second-order valence-electron chi connectivity index (χ2n) is 4.15. The van der Waals surface area contributed by atoms with Gasteiger partial charge < -0.3 is 4.57 Å². The van der Waals surface area contributed by atoms with Gasteiger partial charge in [-0.2, -0.15) is 17.0 Å². The van der Waals surface area contributed by atoms with Crippen molar-refractivity contribution in [3.8, 4) is 6.07 Å². The number of fused-ring (bicyclic) bond motifs is 1. The zero-order valence-electron chi connectivity index (χ0n) is 10.4. The fraction of sp³-hybridized carbons (Fsp3) is 0.385. The Morgan fingerprint density at radius 2 is 2.33 bits per heavy atom. The van der Waals surface area contributed by atoms with Crippen molar-refractivity contribution in [2.24, 2.45) is 0 Å². The molecule has 0 saturated heterocycles. The normalized spacial score (nSPS) is 12.6. The number of nitriles is 1. The lowest BCUT2D eigenvalue weighted by Gasteiger charge is -2.15. The molecule has 94 valence electrons. The average molecular weight is 280 g/mol. The molecule has 0 N–H and O–H groups in total. The third kappa shape index (κ3) is 2.33. The van der Waals surface area contributed by atoms with Crippen molar-refractivity contribution in [2.75, 3.05) is 12.0 Å². The zero-order valence-corrected chi connectivity index (χ0v) is 11.9. The van der Waals surface area contributed by atoms with Gasteiger partial charge >= 0.3 is 0 Å². The van der Waals surface area contributed by atoms with Gasteiger partial charge in [-0.1, -0.05) is 0 Å². The van der Waals surface area contributed by atoms with Gasteiger partial charge in [0.2, 0.25) is 0 Å². The number of hydrogen-bond acceptors (Lipinski definition) is 3. The summed E-state index contributed by atoms with van der Waals surface area (Å²) in [6.45, 7) is 2.15. The van der Waals surface area contributed by atoms with E-state index in [-0.39, 0.29) is 0 Å². The zero-order chi connectivity index (χ0) is 13.1. The number of hydrogen-bond donors (Lipinski definition) is 0. The van der Waals surface area contributed by atoms with Gasteiger partial charge in [-0.3, -0.25) is 0 Å². The second kappa shape index (κ2) is 5.64. The van der Waals surface area contributed by atoms with Crippen LogP contribution in [0.25, 0.3) is 11.0 Å². The maximum atomic E-state index is 8.98. The van der Waals surface area contributed by atoms with Crippen LogP contribution in [0.15, 0.2) is 18.2 Å². The Hall–Kier alpha value is -1.18. The number of benzene rings is 1. The van der Waals surface area contributed by atoms with Gasteiger partial charge in [0, 0.05) is 11.8 Å². The molecule has 0 amide bonds. The van der Waals surface area contributed by atoms with Crippen LogP contribution in [-0.2, 0) is 5.88 Å². The van der Waals surface area contributed by atoms with Crippen molar-refractivity contribution in [2.45, 2.75) is 18.8 Å². The number of halogens is 1. The third-order valence-electron chi connectivity index (χ3n) is 2.86. The molecule has 0 saturated carbocycles. The maximum absolute atomic E-state index is 8.98. The molecule has 0 bridgehead atoms. The largest absolute Gasteiger partial charge is 0.323 e. The Bertz CT molecular complexity index is 600. The fourth-order valence-corrected chi connectivity index (χ4v) is 2.93. The standard InChI is InChI=1S/C13H14ClN3S/c1-9(8-18-2)17-12-5-10(7-15)3-4-11(12)16-13(17)6-14/h3-5,9H,6,8H2,1-2H3. The highest BCUT2D eigenvalue weighted by Crippen LogP contribution is 2.25. The third-order valence-corrected chi connectivity index (χ3v) is 3.91. The van der Waals surface area contributed by atoms with Crippen LogP contribution in [0.2, 0.25) is 0 Å². The van der Waals surface area contributed by atoms with E-state index >= 15 is 0 Å². The molecular formula is C13H14ClN3S. The van der Waals surface area contributed by atoms with Crippen molar-refractivity contribution in [3.63, 3.8) is 0 Å². The predicted molar refractivity (Wildman–Crippen MR) is 77.1 cm³/mol. The van der Waals surface area contributed by atoms with Crippen LogP contribution in [-0.4, -0.2) is 21.6 Å². The first-order valence-electron chi connectivity index (χ1n) is 5.67. The summed E-state index contributed by atoms with van der Waals surface area (Å²) in [5, 5.41) is 8.98. The number of alkyl halides is 1. The van der Waals surface area contributed by atoms with Gasteiger partial charge in [0.15, 0.2) is 0 Å². The van der Waals surface area contributed by atoms with Crippen molar-refractivity contribution in [1.82, 2.24) is 9.55 Å². The topological polar surface area (TPSA) is 41.6 Å². The number of imidazole rings is 1. The molecule has 3 nitrogen and oxygen atoms in total. The number of thioether (sulfide) groups is 1. The molecule has 0 aliphatic heterocycles. The van der Waals surface area contributed by atoms with Crippen molar-refractivity contribution >= 4 is 34.4 Å². The molecule has 1 aromatic heterocycles. The minimum atomic E-state index is 0.313. The average Bonchev–Trinajstić information content (AvgIpc) is 2.76. The van der Waals surface area contributed by atoms with Crippen LogP contribution in [0.4, 0.5) is 0 Å². The Kier molecular flexibility index (Phi) is 4.15. The number of aromatic nitrogens is 2. The fourth-order valence-electron chi connectivity index (χ4n) is 2.11. The van der Waals surface area contributed by atoms with Gasteiger partial charge in [-0.05, 0) is 31.4 Å². The lowest BCUT2D eigenvalue weighted by atomic mass is 10.2. The van der Waals surface area contributed by atoms with Crippen LogP contribution >= 0.6 is 23.4 Å². The summed E-state index contributed by atoms with van der Waals surface area (Å²) in [5.41, 5.74) is 2.55. The van der Waals surface area contributed by atoms with Gasteiger partial charge in [0.1, 0.15) is 5.82 Å². The van der Waals surface area contributed by atoms with E-state index in [0.29, 0.717) is 17.5 Å². The van der Waals surface area contributed by atoms with Crippen LogP contribution in [0, 0.1) is 11.3 Å². The van der Waals surface area contributed by atoms with Gasteiger partial charge in [0.05, 0.1) is 28.5 Å². The van der Waals surface area contributed by atoms with E-state index in [4.69, 9.17) is 16.9 Å². The molecule has 1 unspecified atom stereocenters. The minimum absolute atomic E-state index is 0.313. The first-order valence-corrected chi connectivity index (χ1v) is 7.60. The highest BCUT2D eigenvalue weighted by atomic mass is 35.5. The van der Waals surface area contributed by atoms with Gasteiger partial charge in [-0.15, -0.1) is 11.6 Å². The summed E-state index contributed by atoms with van der Waals surface area (Å²) in [6, 6.07) is 8.03. The molecular weight excluding hydrogens is 266 g/mol. The summed E-state index contributed by atoms with van der Waals surface area (Å²) < 4.78 is 2.14. The van der Waals surface area contributed by atoms with E-state index in [2.05, 4.69) is 28.8 Å². The molecule has 1 aromatic carbocycles. The van der Waals surface area contributed by atoms with Crippen LogP contribution in [0.5, 0.6) is 0 Å². The molecule has 0 fully saturated rings. The van der Waals surface area contributed by atoms with Crippen LogP contribution < -0.4 is 0 Å². The van der Waals surface area contributed by atoms with Gasteiger partial charge in [0.25, 0.3) is 0 Å². The molecule has 1 heterocycles. The van der Waals surface area contributed by atoms with E-state index in [1.54, 1.807) is 17.8 Å². The molecule has 18 heavy (non-hydrogen) atoms. The SMILES string of the molecule is CSCC(C)n1c(CCl)nc2ccc(C#N)cc21. The summed E-state index contributed by atoms with van der Waals surface area (Å²) in [4.78, 5) is 4.52. The molecule has 0 aliphatic rings. The number of nitrogens with zero attached hydrogens (tertiary/aromatic N) is 3. The van der Waals surface area contributed by atoms with E-state index in [1.807, 2.05) is 12.1 Å². The first-order chi connectivity index (χ1) is 8.71. The predicted octanol–water partition coefficient (Wildman–Crippen LogP) is 3.57. The smallest absolute Gasteiger partial charge is 0.125 e. The monoisotopic (exact) mass is 279 g/mol. The number of rotatable bonds is 4. The highest BCUT2D eigenvalue weighted by Gasteiger charge is 2.15. The maximum Gasteiger partial charge on any atom is 0.125 e. The molecule has 2 aromatic rings. The molecule has 2 rings (SSSR count). The van der Waals surface area contributed by atoms with Crippen LogP contribution in [0.1, 0.15) is 24.4 Å². The quantitative estimate of drug-likeness (QED) is 0.804. The molecule has 0 radical (unpaired) electrons. The Labute approximate surface area is 116 Å². The highest BCUT2D eigenvalue weighted by molar-refractivity contribution is 7.98. The summed E-state index contributed by atoms with van der Waals surface area (Å²) in [6.07, 6.45) is 2.08. The Morgan fingerprint density at radius 3 is 2.94 bits per heavy atom. The molecule has 0 spiro atoms. The molecule has 5 heteroatoms. The van der Waals surface area contributed by atoms with E-state index in [1.165, 1.54) is 0 Å². The van der Waals surface area contributed by atoms with Crippen molar-refractivity contribution < 1.29 is 0 Å². The lowest BCUT2D eigenvalue weighted by molar-refractivity contribution is 0.606. The first kappa shape index (κ1) is 13.3. The summed E-state index contributed by atoms with van der Waals surface area (Å²) in [7, 11) is 0.